The molecule has 148 valence electrons. The van der Waals surface area contributed by atoms with Crippen molar-refractivity contribution in [3.63, 3.8) is 0 Å². The van der Waals surface area contributed by atoms with Gasteiger partial charge >= 0.3 is 0 Å². The summed E-state index contributed by atoms with van der Waals surface area (Å²) in [6.45, 7) is 5.59. The van der Waals surface area contributed by atoms with Crippen LogP contribution in [0.3, 0.4) is 0 Å². The van der Waals surface area contributed by atoms with E-state index in [1.807, 2.05) is 0 Å². The topological polar surface area (TPSA) is 80.0 Å². The number of anilines is 2. The summed E-state index contributed by atoms with van der Waals surface area (Å²) in [5.41, 5.74) is 7.28. The van der Waals surface area contributed by atoms with Gasteiger partial charge < -0.3 is 16.0 Å². The number of nitrogens with one attached hydrogen (secondary N) is 1. The van der Waals surface area contributed by atoms with Gasteiger partial charge in [-0.25, -0.2) is 14.4 Å². The molecule has 1 aliphatic heterocycles. The molecule has 28 heavy (non-hydrogen) atoms. The van der Waals surface area contributed by atoms with E-state index in [0.29, 0.717) is 28.9 Å². The van der Waals surface area contributed by atoms with Crippen molar-refractivity contribution in [1.29, 1.82) is 0 Å². The van der Waals surface area contributed by atoms with E-state index in [-0.39, 0.29) is 5.02 Å². The molecule has 3 N–H and O–H groups in total. The molecule has 1 fully saturated rings. The van der Waals surface area contributed by atoms with Crippen LogP contribution in [0.25, 0.3) is 21.7 Å². The number of fused-ring (bicyclic) bond motifs is 1. The van der Waals surface area contributed by atoms with Gasteiger partial charge in [-0.1, -0.05) is 29.9 Å². The highest BCUT2D eigenvalue weighted by atomic mass is 35.5. The zero-order chi connectivity index (χ0) is 19.7. The van der Waals surface area contributed by atoms with E-state index in [1.165, 1.54) is 29.9 Å². The van der Waals surface area contributed by atoms with E-state index in [1.54, 1.807) is 6.07 Å². The van der Waals surface area contributed by atoms with E-state index < -0.39 is 5.82 Å². The van der Waals surface area contributed by atoms with E-state index >= 15 is 0 Å². The first kappa shape index (κ1) is 19.3. The number of nitrogen functional groups attached to an aromatic ring is 1. The van der Waals surface area contributed by atoms with Crippen molar-refractivity contribution in [3.05, 3.63) is 29.0 Å². The van der Waals surface area contributed by atoms with Crippen molar-refractivity contribution in [2.45, 2.75) is 32.2 Å². The van der Waals surface area contributed by atoms with Gasteiger partial charge in [0.15, 0.2) is 16.6 Å². The number of rotatable bonds is 5. The fourth-order valence-corrected chi connectivity index (χ4v) is 4.53. The highest BCUT2D eigenvalue weighted by Crippen LogP contribution is 2.32. The number of likely N-dealkylation sites (tertiary alicyclic amines) is 1. The van der Waals surface area contributed by atoms with E-state index in [2.05, 4.69) is 32.1 Å². The molecule has 0 bridgehead atoms. The number of thiazole rings is 1. The smallest absolute Gasteiger partial charge is 0.185 e. The average molecular weight is 421 g/mol. The van der Waals surface area contributed by atoms with Crippen LogP contribution in [0, 0.1) is 5.82 Å². The van der Waals surface area contributed by atoms with Gasteiger partial charge in [-0.2, -0.15) is 4.98 Å². The minimum Gasteiger partial charge on any atom is -0.382 e. The molecule has 3 aromatic rings. The van der Waals surface area contributed by atoms with Crippen LogP contribution in [0.1, 0.15) is 26.2 Å². The highest BCUT2D eigenvalue weighted by Gasteiger charge is 2.20. The summed E-state index contributed by atoms with van der Waals surface area (Å²) in [7, 11) is 0. The van der Waals surface area contributed by atoms with Crippen molar-refractivity contribution in [2.24, 2.45) is 0 Å². The summed E-state index contributed by atoms with van der Waals surface area (Å²) in [6.07, 6.45) is 3.38. The maximum atomic E-state index is 13.4. The molecule has 1 saturated heterocycles. The Morgan fingerprint density at radius 2 is 2.07 bits per heavy atom. The summed E-state index contributed by atoms with van der Waals surface area (Å²) >= 11 is 7.34. The first-order valence-electron chi connectivity index (χ1n) is 9.42. The predicted molar refractivity (Wildman–Crippen MR) is 113 cm³/mol. The Balaban J connectivity index is 1.54. The lowest BCUT2D eigenvalue weighted by Crippen LogP contribution is -2.39. The van der Waals surface area contributed by atoms with Crippen LogP contribution >= 0.6 is 22.9 Å². The minimum absolute atomic E-state index is 0.0230. The second-order valence-corrected chi connectivity index (χ2v) is 8.40. The van der Waals surface area contributed by atoms with E-state index in [9.17, 15) is 4.39 Å². The Hall–Kier alpha value is -2.03. The third kappa shape index (κ3) is 4.04. The lowest BCUT2D eigenvalue weighted by Gasteiger charge is -2.31. The molecule has 0 aliphatic carbocycles. The molecule has 2 aromatic heterocycles. The van der Waals surface area contributed by atoms with Crippen LogP contribution in [0.15, 0.2) is 18.2 Å². The number of piperidine rings is 1. The Bertz CT molecular complexity index is 986. The second kappa shape index (κ2) is 8.14. The van der Waals surface area contributed by atoms with E-state index in [0.717, 1.165) is 42.3 Å². The van der Waals surface area contributed by atoms with Crippen LogP contribution in [-0.4, -0.2) is 45.5 Å². The molecule has 4 rings (SSSR count). The molecule has 0 amide bonds. The third-order valence-electron chi connectivity index (χ3n) is 4.91. The van der Waals surface area contributed by atoms with Gasteiger partial charge in [0, 0.05) is 24.7 Å². The Labute approximate surface area is 172 Å². The molecule has 3 heterocycles. The molecule has 0 unspecified atom stereocenters. The molecule has 0 atom stereocenters. The number of hydrogen-bond acceptors (Lipinski definition) is 7. The Morgan fingerprint density at radius 1 is 1.29 bits per heavy atom. The summed E-state index contributed by atoms with van der Waals surface area (Å²) in [5, 5.41) is 4.35. The lowest BCUT2D eigenvalue weighted by atomic mass is 10.1. The minimum atomic E-state index is -0.482. The largest absolute Gasteiger partial charge is 0.382 e. The van der Waals surface area contributed by atoms with Gasteiger partial charge in [-0.05, 0) is 44.0 Å². The molecule has 9 heteroatoms. The van der Waals surface area contributed by atoms with E-state index in [4.69, 9.17) is 17.3 Å². The normalized spacial score (nSPS) is 16.0. The molecule has 1 aliphatic rings. The molecular formula is C19H22ClFN6S. The van der Waals surface area contributed by atoms with Gasteiger partial charge in [0.1, 0.15) is 16.3 Å². The fourth-order valence-electron chi connectivity index (χ4n) is 3.46. The Kier molecular flexibility index (Phi) is 5.61. The van der Waals surface area contributed by atoms with Gasteiger partial charge in [0.05, 0.1) is 5.02 Å². The van der Waals surface area contributed by atoms with Gasteiger partial charge in [0.2, 0.25) is 0 Å². The second-order valence-electron chi connectivity index (χ2n) is 6.99. The fraction of sp³-hybridized carbons (Fsp3) is 0.421. The predicted octanol–water partition coefficient (Wildman–Crippen LogP) is 4.41. The van der Waals surface area contributed by atoms with Crippen LogP contribution < -0.4 is 11.1 Å². The SMILES string of the molecule is CCCN1CCC(Nc2nc3nc(-c4ccc(F)c(Cl)c4)nc(N)c3s2)CC1. The number of halogens is 2. The summed E-state index contributed by atoms with van der Waals surface area (Å²) in [5.74, 6) is 0.269. The number of aromatic nitrogens is 3. The molecule has 0 saturated carbocycles. The molecule has 0 radical (unpaired) electrons. The summed E-state index contributed by atoms with van der Waals surface area (Å²) in [4.78, 5) is 16.0. The number of benzene rings is 1. The summed E-state index contributed by atoms with van der Waals surface area (Å²) in [6, 6.07) is 4.77. The highest BCUT2D eigenvalue weighted by molar-refractivity contribution is 7.22. The standard InChI is InChI=1S/C19H22ClFN6S/c1-2-7-27-8-5-12(6-9-27)23-19-26-18-15(28-19)16(22)24-17(25-18)11-3-4-14(21)13(20)10-11/h3-4,10,12H,2,5-9H2,1H3,(H3,22,23,24,25,26). The van der Waals surface area contributed by atoms with Crippen molar-refractivity contribution >= 4 is 44.2 Å². The molecule has 6 nitrogen and oxygen atoms in total. The van der Waals surface area contributed by atoms with Gasteiger partial charge in [0.25, 0.3) is 0 Å². The molecule has 0 spiro atoms. The maximum Gasteiger partial charge on any atom is 0.185 e. The zero-order valence-electron chi connectivity index (χ0n) is 15.6. The molecular weight excluding hydrogens is 399 g/mol. The first-order chi connectivity index (χ1) is 13.5. The van der Waals surface area contributed by atoms with Crippen molar-refractivity contribution in [1.82, 2.24) is 19.9 Å². The monoisotopic (exact) mass is 420 g/mol. The Morgan fingerprint density at radius 3 is 2.79 bits per heavy atom. The van der Waals surface area contributed by atoms with Crippen molar-refractivity contribution < 1.29 is 4.39 Å². The van der Waals surface area contributed by atoms with Crippen LogP contribution in [0.2, 0.25) is 5.02 Å². The summed E-state index contributed by atoms with van der Waals surface area (Å²) < 4.78 is 14.2. The van der Waals surface area contributed by atoms with Crippen molar-refractivity contribution in [2.75, 3.05) is 30.7 Å². The number of hydrogen-bond donors (Lipinski definition) is 2. The number of nitrogens with two attached hydrogens (primary N) is 1. The van der Waals surface area contributed by atoms with Crippen molar-refractivity contribution in [3.8, 4) is 11.4 Å². The quantitative estimate of drug-likeness (QED) is 0.636. The van der Waals surface area contributed by atoms with Crippen LogP contribution in [-0.2, 0) is 0 Å². The van der Waals surface area contributed by atoms with Gasteiger partial charge in [-0.15, -0.1) is 0 Å². The first-order valence-corrected chi connectivity index (χ1v) is 10.6. The maximum absolute atomic E-state index is 13.4. The lowest BCUT2D eigenvalue weighted by molar-refractivity contribution is 0.219. The average Bonchev–Trinajstić information content (AvgIpc) is 3.09. The van der Waals surface area contributed by atoms with Crippen LogP contribution in [0.5, 0.6) is 0 Å². The zero-order valence-corrected chi connectivity index (χ0v) is 17.2. The van der Waals surface area contributed by atoms with Crippen LogP contribution in [0.4, 0.5) is 15.3 Å². The van der Waals surface area contributed by atoms with Gasteiger partial charge in [-0.3, -0.25) is 0 Å². The molecule has 1 aromatic carbocycles. The number of nitrogens with zero attached hydrogens (tertiary/aromatic N) is 4. The third-order valence-corrected chi connectivity index (χ3v) is 6.20.